The minimum Gasteiger partial charge on any atom is -0.351 e. The number of amides is 1. The number of halogens is 1. The number of benzene rings is 1. The van der Waals surface area contributed by atoms with Crippen molar-refractivity contribution in [3.05, 3.63) is 28.8 Å². The van der Waals surface area contributed by atoms with Gasteiger partial charge in [-0.2, -0.15) is 0 Å². The number of nitrogens with one attached hydrogen (secondary N) is 1. The second-order valence-corrected chi connectivity index (χ2v) is 8.68. The molecule has 0 saturated carbocycles. The first-order valence-electron chi connectivity index (χ1n) is 5.87. The fraction of sp³-hybridized carbons (Fsp3) is 0.364. The van der Waals surface area contributed by atoms with E-state index < -0.39 is 25.8 Å². The molecule has 0 radical (unpaired) electrons. The molecule has 1 aromatic carbocycles. The van der Waals surface area contributed by atoms with Crippen LogP contribution < -0.4 is 10.5 Å². The largest absolute Gasteiger partial charge is 0.351 e. The van der Waals surface area contributed by atoms with Crippen molar-refractivity contribution in [2.24, 2.45) is 5.14 Å². The fourth-order valence-corrected chi connectivity index (χ4v) is 3.01. The molecule has 0 saturated heterocycles. The SMILES string of the molecule is CCS(=O)(=O)CCNC(=O)c1cc(Cl)cc(S(N)(=O)=O)c1. The standard InChI is InChI=1S/C11H15ClN2O5S2/c1-2-20(16,17)4-3-14-11(15)8-5-9(12)7-10(6-8)21(13,18)19/h5-7H,2-4H2,1H3,(H,14,15)(H2,13,18,19). The van der Waals surface area contributed by atoms with Gasteiger partial charge in [0.15, 0.2) is 9.84 Å². The zero-order chi connectivity index (χ0) is 16.3. The topological polar surface area (TPSA) is 123 Å². The molecule has 1 aromatic rings. The fourth-order valence-electron chi connectivity index (χ4n) is 1.42. The van der Waals surface area contributed by atoms with Crippen LogP contribution in [-0.4, -0.2) is 40.8 Å². The number of rotatable bonds is 6. The average molecular weight is 355 g/mol. The molecule has 0 aliphatic heterocycles. The Hall–Kier alpha value is -1.16. The molecule has 0 unspecified atom stereocenters. The van der Waals surface area contributed by atoms with E-state index in [0.717, 1.165) is 12.1 Å². The predicted molar refractivity (Wildman–Crippen MR) is 79.5 cm³/mol. The Morgan fingerprint density at radius 1 is 1.24 bits per heavy atom. The number of carbonyl (C=O) groups is 1. The summed E-state index contributed by atoms with van der Waals surface area (Å²) in [7, 11) is -7.18. The number of hydrogen-bond donors (Lipinski definition) is 2. The quantitative estimate of drug-likeness (QED) is 0.752. The van der Waals surface area contributed by atoms with E-state index in [4.69, 9.17) is 16.7 Å². The van der Waals surface area contributed by atoms with Gasteiger partial charge in [0.2, 0.25) is 10.0 Å². The highest BCUT2D eigenvalue weighted by Gasteiger charge is 2.15. The molecule has 0 atom stereocenters. The van der Waals surface area contributed by atoms with Crippen LogP contribution in [0.15, 0.2) is 23.1 Å². The molecule has 0 aromatic heterocycles. The van der Waals surface area contributed by atoms with Crippen LogP contribution >= 0.6 is 11.6 Å². The lowest BCUT2D eigenvalue weighted by Gasteiger charge is -2.07. The molecule has 118 valence electrons. The minimum atomic E-state index is -3.99. The van der Waals surface area contributed by atoms with Gasteiger partial charge in [0.1, 0.15) is 0 Å². The molecule has 21 heavy (non-hydrogen) atoms. The number of primary sulfonamides is 1. The van der Waals surface area contributed by atoms with Crippen LogP contribution in [0.3, 0.4) is 0 Å². The van der Waals surface area contributed by atoms with E-state index in [0.29, 0.717) is 0 Å². The van der Waals surface area contributed by atoms with Crippen molar-refractivity contribution < 1.29 is 21.6 Å². The Kier molecular flexibility index (Phi) is 5.74. The van der Waals surface area contributed by atoms with E-state index in [9.17, 15) is 21.6 Å². The van der Waals surface area contributed by atoms with Crippen molar-refractivity contribution in [2.75, 3.05) is 18.1 Å². The van der Waals surface area contributed by atoms with Crippen LogP contribution in [0.4, 0.5) is 0 Å². The summed E-state index contributed by atoms with van der Waals surface area (Å²) in [6.07, 6.45) is 0. The Balaban J connectivity index is 2.87. The van der Waals surface area contributed by atoms with Crippen molar-refractivity contribution in [3.63, 3.8) is 0 Å². The van der Waals surface area contributed by atoms with Gasteiger partial charge in [-0.1, -0.05) is 18.5 Å². The lowest BCUT2D eigenvalue weighted by Crippen LogP contribution is -2.29. The number of carbonyl (C=O) groups excluding carboxylic acids is 1. The molecule has 3 N–H and O–H groups in total. The van der Waals surface area contributed by atoms with Gasteiger partial charge in [0, 0.05) is 22.9 Å². The number of nitrogens with two attached hydrogens (primary N) is 1. The second kappa shape index (κ2) is 6.73. The summed E-state index contributed by atoms with van der Waals surface area (Å²) in [5, 5.41) is 7.39. The van der Waals surface area contributed by atoms with Crippen molar-refractivity contribution in [1.29, 1.82) is 0 Å². The number of sulfonamides is 1. The predicted octanol–water partition coefficient (Wildman–Crippen LogP) is 0.152. The Morgan fingerprint density at radius 3 is 2.38 bits per heavy atom. The number of hydrogen-bond acceptors (Lipinski definition) is 5. The van der Waals surface area contributed by atoms with Gasteiger partial charge < -0.3 is 5.32 Å². The van der Waals surface area contributed by atoms with Crippen LogP contribution in [0.25, 0.3) is 0 Å². The van der Waals surface area contributed by atoms with Gasteiger partial charge in [-0.3, -0.25) is 4.79 Å². The summed E-state index contributed by atoms with van der Waals surface area (Å²) >= 11 is 5.73. The summed E-state index contributed by atoms with van der Waals surface area (Å²) in [5.74, 6) is -0.846. The highest BCUT2D eigenvalue weighted by Crippen LogP contribution is 2.18. The Morgan fingerprint density at radius 2 is 1.86 bits per heavy atom. The highest BCUT2D eigenvalue weighted by atomic mass is 35.5. The smallest absolute Gasteiger partial charge is 0.251 e. The van der Waals surface area contributed by atoms with Crippen LogP contribution in [0.5, 0.6) is 0 Å². The molecule has 0 heterocycles. The van der Waals surface area contributed by atoms with E-state index >= 15 is 0 Å². The van der Waals surface area contributed by atoms with E-state index in [2.05, 4.69) is 5.32 Å². The van der Waals surface area contributed by atoms with Crippen molar-refractivity contribution in [3.8, 4) is 0 Å². The van der Waals surface area contributed by atoms with Crippen LogP contribution in [0.1, 0.15) is 17.3 Å². The molecule has 10 heteroatoms. The maximum Gasteiger partial charge on any atom is 0.251 e. The minimum absolute atomic E-state index is 0.0135. The molecule has 0 bridgehead atoms. The number of sulfone groups is 1. The summed E-state index contributed by atoms with van der Waals surface area (Å²) < 4.78 is 45.1. The molecule has 0 aliphatic rings. The lowest BCUT2D eigenvalue weighted by molar-refractivity contribution is 0.0956. The van der Waals surface area contributed by atoms with Gasteiger partial charge in [-0.05, 0) is 18.2 Å². The van der Waals surface area contributed by atoms with Crippen LogP contribution in [-0.2, 0) is 19.9 Å². The molecular formula is C11H15ClN2O5S2. The molecule has 0 spiro atoms. The maximum atomic E-state index is 11.9. The normalized spacial score (nSPS) is 12.1. The van der Waals surface area contributed by atoms with Gasteiger partial charge in [0.25, 0.3) is 5.91 Å². The van der Waals surface area contributed by atoms with Crippen LogP contribution in [0.2, 0.25) is 5.02 Å². The Labute approximate surface area is 128 Å². The molecule has 1 rings (SSSR count). The summed E-state index contributed by atoms with van der Waals surface area (Å²) in [6.45, 7) is 1.43. The van der Waals surface area contributed by atoms with E-state index in [1.165, 1.54) is 13.0 Å². The van der Waals surface area contributed by atoms with E-state index in [-0.39, 0.29) is 33.5 Å². The summed E-state index contributed by atoms with van der Waals surface area (Å²) in [5.41, 5.74) is -0.0135. The molecule has 0 aliphatic carbocycles. The monoisotopic (exact) mass is 354 g/mol. The molecule has 7 nitrogen and oxygen atoms in total. The highest BCUT2D eigenvalue weighted by molar-refractivity contribution is 7.91. The van der Waals surface area contributed by atoms with Gasteiger partial charge in [-0.15, -0.1) is 0 Å². The third-order valence-corrected chi connectivity index (χ3v) is 5.42. The zero-order valence-electron chi connectivity index (χ0n) is 11.2. The van der Waals surface area contributed by atoms with Crippen molar-refractivity contribution in [1.82, 2.24) is 5.32 Å². The average Bonchev–Trinajstić information content (AvgIpc) is 2.36. The van der Waals surface area contributed by atoms with Crippen molar-refractivity contribution >= 4 is 37.4 Å². The van der Waals surface area contributed by atoms with Crippen molar-refractivity contribution in [2.45, 2.75) is 11.8 Å². The maximum absolute atomic E-state index is 11.9. The van der Waals surface area contributed by atoms with E-state index in [1.807, 2.05) is 0 Å². The van der Waals surface area contributed by atoms with Gasteiger partial charge >= 0.3 is 0 Å². The van der Waals surface area contributed by atoms with Gasteiger partial charge in [-0.25, -0.2) is 22.0 Å². The Bertz CT molecular complexity index is 744. The zero-order valence-corrected chi connectivity index (χ0v) is 13.6. The van der Waals surface area contributed by atoms with E-state index in [1.54, 1.807) is 0 Å². The lowest BCUT2D eigenvalue weighted by atomic mass is 10.2. The third kappa shape index (κ3) is 5.62. The molecule has 0 fully saturated rings. The molecule has 1 amide bonds. The molecular weight excluding hydrogens is 340 g/mol. The summed E-state index contributed by atoms with van der Waals surface area (Å²) in [4.78, 5) is 11.6. The van der Waals surface area contributed by atoms with Gasteiger partial charge in [0.05, 0.1) is 10.6 Å². The first-order valence-corrected chi connectivity index (χ1v) is 9.62. The van der Waals surface area contributed by atoms with Crippen LogP contribution in [0, 0.1) is 0 Å². The first kappa shape index (κ1) is 17.9. The second-order valence-electron chi connectivity index (χ2n) is 4.21. The first-order chi connectivity index (χ1) is 9.55. The summed E-state index contributed by atoms with van der Waals surface area (Å²) in [6, 6.07) is 3.46. The third-order valence-electron chi connectivity index (χ3n) is 2.60.